The van der Waals surface area contributed by atoms with Crippen LogP contribution in [0.4, 0.5) is 0 Å². The third-order valence-electron chi connectivity index (χ3n) is 2.10. The fourth-order valence-corrected chi connectivity index (χ4v) is 1.27. The number of hydrogen-bond donors (Lipinski definition) is 1. The molecule has 17 heavy (non-hydrogen) atoms. The number of benzene rings is 1. The van der Waals surface area contributed by atoms with Gasteiger partial charge >= 0.3 is 0 Å². The number of aromatic nitrogens is 2. The normalized spacial score (nSPS) is 9.65. The smallest absolute Gasteiger partial charge is 0.237 e. The molecule has 84 valence electrons. The molecule has 0 amide bonds. The summed E-state index contributed by atoms with van der Waals surface area (Å²) in [6.45, 7) is -0.111. The van der Waals surface area contributed by atoms with Crippen molar-refractivity contribution in [1.82, 2.24) is 9.97 Å². The topological polar surface area (TPSA) is 79.0 Å². The molecule has 0 aliphatic heterocycles. The quantitative estimate of drug-likeness (QED) is 0.862. The number of ether oxygens (including phenoxy) is 1. The predicted molar refractivity (Wildman–Crippen MR) is 59.2 cm³/mol. The summed E-state index contributed by atoms with van der Waals surface area (Å²) in [6, 6.07) is 8.96. The Morgan fingerprint density at radius 2 is 2.06 bits per heavy atom. The minimum Gasteiger partial charge on any atom is -0.437 e. The van der Waals surface area contributed by atoms with Gasteiger partial charge in [-0.05, 0) is 6.07 Å². The van der Waals surface area contributed by atoms with Crippen LogP contribution in [0.2, 0.25) is 0 Å². The summed E-state index contributed by atoms with van der Waals surface area (Å²) in [4.78, 5) is 7.77. The third-order valence-corrected chi connectivity index (χ3v) is 2.10. The molecule has 0 atom stereocenters. The third kappa shape index (κ3) is 2.56. The van der Waals surface area contributed by atoms with Crippen LogP contribution in [0.3, 0.4) is 0 Å². The molecular weight excluding hydrogens is 218 g/mol. The number of hydrogen-bond acceptors (Lipinski definition) is 5. The molecule has 0 aliphatic carbocycles. The average molecular weight is 227 g/mol. The van der Waals surface area contributed by atoms with Crippen LogP contribution in [-0.2, 0) is 6.61 Å². The molecular formula is C12H9N3O2. The highest BCUT2D eigenvalue weighted by Gasteiger charge is 2.04. The van der Waals surface area contributed by atoms with Crippen molar-refractivity contribution in [3.05, 3.63) is 47.9 Å². The Labute approximate surface area is 98.0 Å². The highest BCUT2D eigenvalue weighted by Crippen LogP contribution is 2.23. The molecule has 1 aromatic heterocycles. The van der Waals surface area contributed by atoms with Gasteiger partial charge in [-0.15, -0.1) is 0 Å². The molecule has 0 unspecified atom stereocenters. The van der Waals surface area contributed by atoms with Crippen molar-refractivity contribution < 1.29 is 9.84 Å². The van der Waals surface area contributed by atoms with Crippen LogP contribution in [0.5, 0.6) is 11.6 Å². The largest absolute Gasteiger partial charge is 0.437 e. The maximum Gasteiger partial charge on any atom is 0.237 e. The van der Waals surface area contributed by atoms with Gasteiger partial charge in [-0.1, -0.05) is 18.2 Å². The Morgan fingerprint density at radius 3 is 2.71 bits per heavy atom. The lowest BCUT2D eigenvalue weighted by Gasteiger charge is -2.07. The monoisotopic (exact) mass is 227 g/mol. The van der Waals surface area contributed by atoms with E-state index in [1.807, 2.05) is 12.1 Å². The summed E-state index contributed by atoms with van der Waals surface area (Å²) in [5.41, 5.74) is 0.895. The highest BCUT2D eigenvalue weighted by molar-refractivity contribution is 5.35. The first kappa shape index (κ1) is 11.0. The second kappa shape index (κ2) is 5.05. The summed E-state index contributed by atoms with van der Waals surface area (Å²) in [6.07, 6.45) is 2.70. The second-order valence-corrected chi connectivity index (χ2v) is 3.22. The minimum atomic E-state index is -0.111. The van der Waals surface area contributed by atoms with Crippen molar-refractivity contribution in [2.45, 2.75) is 6.61 Å². The molecule has 0 bridgehead atoms. The predicted octanol–water partition coefficient (Wildman–Crippen LogP) is 1.63. The highest BCUT2D eigenvalue weighted by atomic mass is 16.5. The molecule has 2 rings (SSSR count). The number of nitriles is 1. The SMILES string of the molecule is N#Cc1cnc(Oc2ccccc2CO)cn1. The van der Waals surface area contributed by atoms with E-state index in [1.54, 1.807) is 18.2 Å². The van der Waals surface area contributed by atoms with Gasteiger partial charge in [-0.3, -0.25) is 0 Å². The molecule has 0 saturated heterocycles. The van der Waals surface area contributed by atoms with E-state index in [0.717, 1.165) is 0 Å². The molecule has 1 aromatic carbocycles. The van der Waals surface area contributed by atoms with Crippen LogP contribution in [0, 0.1) is 11.3 Å². The number of rotatable bonds is 3. The number of aliphatic hydroxyl groups is 1. The molecule has 1 heterocycles. The number of nitrogens with zero attached hydrogens (tertiary/aromatic N) is 3. The van der Waals surface area contributed by atoms with Crippen LogP contribution < -0.4 is 4.74 Å². The van der Waals surface area contributed by atoms with Gasteiger partial charge in [-0.25, -0.2) is 9.97 Å². The van der Waals surface area contributed by atoms with Gasteiger partial charge in [0.1, 0.15) is 11.8 Å². The summed E-state index contributed by atoms with van der Waals surface area (Å²) in [7, 11) is 0. The van der Waals surface area contributed by atoms with Gasteiger partial charge in [0, 0.05) is 5.56 Å². The van der Waals surface area contributed by atoms with Crippen molar-refractivity contribution >= 4 is 0 Å². The Balaban J connectivity index is 2.22. The van der Waals surface area contributed by atoms with Crippen molar-refractivity contribution in [3.63, 3.8) is 0 Å². The Kier molecular flexibility index (Phi) is 3.28. The first-order chi connectivity index (χ1) is 8.33. The number of aliphatic hydroxyl groups excluding tert-OH is 1. The Hall–Kier alpha value is -2.45. The summed E-state index contributed by atoms with van der Waals surface area (Å²) >= 11 is 0. The first-order valence-corrected chi connectivity index (χ1v) is 4.92. The lowest BCUT2D eigenvalue weighted by Crippen LogP contribution is -1.94. The maximum absolute atomic E-state index is 9.12. The summed E-state index contributed by atoms with van der Waals surface area (Å²) in [5.74, 6) is 0.805. The minimum absolute atomic E-state index is 0.111. The zero-order valence-corrected chi connectivity index (χ0v) is 8.87. The van der Waals surface area contributed by atoms with E-state index < -0.39 is 0 Å². The zero-order chi connectivity index (χ0) is 12.1. The van der Waals surface area contributed by atoms with Crippen molar-refractivity contribution in [3.8, 4) is 17.7 Å². The van der Waals surface area contributed by atoms with E-state index in [1.165, 1.54) is 12.4 Å². The van der Waals surface area contributed by atoms with E-state index in [0.29, 0.717) is 11.3 Å². The van der Waals surface area contributed by atoms with Crippen LogP contribution >= 0.6 is 0 Å². The van der Waals surface area contributed by atoms with Gasteiger partial charge in [0.2, 0.25) is 5.88 Å². The fraction of sp³-hybridized carbons (Fsp3) is 0.0833. The van der Waals surface area contributed by atoms with Gasteiger partial charge in [0.05, 0.1) is 19.0 Å². The van der Waals surface area contributed by atoms with Gasteiger partial charge in [0.15, 0.2) is 5.69 Å². The molecule has 1 N–H and O–H groups in total. The second-order valence-electron chi connectivity index (χ2n) is 3.22. The van der Waals surface area contributed by atoms with E-state index in [-0.39, 0.29) is 18.2 Å². The molecule has 2 aromatic rings. The summed E-state index contributed by atoms with van der Waals surface area (Å²) in [5, 5.41) is 17.7. The van der Waals surface area contributed by atoms with Crippen molar-refractivity contribution in [1.29, 1.82) is 5.26 Å². The Morgan fingerprint density at radius 1 is 1.24 bits per heavy atom. The van der Waals surface area contributed by atoms with E-state index in [4.69, 9.17) is 15.1 Å². The average Bonchev–Trinajstić information content (AvgIpc) is 2.40. The van der Waals surface area contributed by atoms with Crippen molar-refractivity contribution in [2.75, 3.05) is 0 Å². The summed E-state index contributed by atoms with van der Waals surface area (Å²) < 4.78 is 5.46. The lowest BCUT2D eigenvalue weighted by atomic mass is 10.2. The van der Waals surface area contributed by atoms with E-state index in [9.17, 15) is 0 Å². The van der Waals surface area contributed by atoms with Gasteiger partial charge < -0.3 is 9.84 Å². The van der Waals surface area contributed by atoms with Crippen LogP contribution in [-0.4, -0.2) is 15.1 Å². The Bertz CT molecular complexity index is 546. The molecule has 0 fully saturated rings. The lowest BCUT2D eigenvalue weighted by molar-refractivity contribution is 0.276. The van der Waals surface area contributed by atoms with Gasteiger partial charge in [-0.2, -0.15) is 5.26 Å². The zero-order valence-electron chi connectivity index (χ0n) is 8.87. The molecule has 5 heteroatoms. The number of para-hydroxylation sites is 1. The maximum atomic E-state index is 9.12. The fourth-order valence-electron chi connectivity index (χ4n) is 1.27. The molecule has 0 radical (unpaired) electrons. The van der Waals surface area contributed by atoms with E-state index >= 15 is 0 Å². The molecule has 5 nitrogen and oxygen atoms in total. The van der Waals surface area contributed by atoms with Crippen molar-refractivity contribution in [2.24, 2.45) is 0 Å². The molecule has 0 spiro atoms. The first-order valence-electron chi connectivity index (χ1n) is 4.92. The van der Waals surface area contributed by atoms with Crippen LogP contribution in [0.1, 0.15) is 11.3 Å². The van der Waals surface area contributed by atoms with Crippen LogP contribution in [0.15, 0.2) is 36.7 Å². The van der Waals surface area contributed by atoms with Crippen LogP contribution in [0.25, 0.3) is 0 Å². The van der Waals surface area contributed by atoms with E-state index in [2.05, 4.69) is 9.97 Å². The van der Waals surface area contributed by atoms with Gasteiger partial charge in [0.25, 0.3) is 0 Å². The standard InChI is InChI=1S/C12H9N3O2/c13-5-10-6-15-12(7-14-10)17-11-4-2-1-3-9(11)8-16/h1-4,6-7,16H,8H2. The molecule has 0 aliphatic rings. The molecule has 0 saturated carbocycles.